The van der Waals surface area contributed by atoms with Gasteiger partial charge in [0.15, 0.2) is 5.82 Å². The lowest BCUT2D eigenvalue weighted by Gasteiger charge is -2.20. The van der Waals surface area contributed by atoms with Crippen LogP contribution in [0.5, 0.6) is 0 Å². The Morgan fingerprint density at radius 2 is 1.71 bits per heavy atom. The number of benzene rings is 2. The number of hydrogen-bond donors (Lipinski definition) is 2. The van der Waals surface area contributed by atoms with Crippen molar-refractivity contribution in [2.45, 2.75) is 38.6 Å². The number of nitrogens with one attached hydrogen (secondary N) is 2. The summed E-state index contributed by atoms with van der Waals surface area (Å²) in [4.78, 5) is 16.8. The van der Waals surface area contributed by atoms with Crippen molar-refractivity contribution in [2.24, 2.45) is 0 Å². The van der Waals surface area contributed by atoms with Gasteiger partial charge in [-0.3, -0.25) is 0 Å². The Labute approximate surface area is 165 Å². The first-order valence-electron chi connectivity index (χ1n) is 9.57. The maximum atomic E-state index is 12.4. The zero-order chi connectivity index (χ0) is 19.8. The zero-order valence-corrected chi connectivity index (χ0v) is 16.3. The summed E-state index contributed by atoms with van der Waals surface area (Å²) in [6.07, 6.45) is 1.22. The van der Waals surface area contributed by atoms with Crippen LogP contribution < -0.4 is 10.6 Å². The Morgan fingerprint density at radius 3 is 2.36 bits per heavy atom. The predicted molar refractivity (Wildman–Crippen MR) is 108 cm³/mol. The number of nitrogens with zero attached hydrogens (tertiary/aromatic N) is 2. The lowest BCUT2D eigenvalue weighted by molar-refractivity contribution is 0.236. The summed E-state index contributed by atoms with van der Waals surface area (Å²) >= 11 is 0. The van der Waals surface area contributed by atoms with Gasteiger partial charge in [0.1, 0.15) is 0 Å². The first-order valence-corrected chi connectivity index (χ1v) is 9.57. The van der Waals surface area contributed by atoms with Crippen molar-refractivity contribution >= 4 is 6.03 Å². The van der Waals surface area contributed by atoms with E-state index in [9.17, 15) is 4.79 Å². The number of hydrogen-bond acceptors (Lipinski definition) is 4. The quantitative estimate of drug-likeness (QED) is 0.620. The lowest BCUT2D eigenvalue weighted by Crippen LogP contribution is -2.39. The van der Waals surface area contributed by atoms with E-state index in [4.69, 9.17) is 4.52 Å². The fourth-order valence-electron chi connectivity index (χ4n) is 2.88. The molecular formula is C22H26N4O2. The summed E-state index contributed by atoms with van der Waals surface area (Å²) in [5.74, 6) is 1.44. The molecule has 0 spiro atoms. The molecule has 0 fully saturated rings. The zero-order valence-electron chi connectivity index (χ0n) is 16.3. The fraction of sp³-hybridized carbons (Fsp3) is 0.318. The van der Waals surface area contributed by atoms with Crippen molar-refractivity contribution < 1.29 is 9.32 Å². The summed E-state index contributed by atoms with van der Waals surface area (Å²) in [5, 5.41) is 9.89. The molecule has 1 unspecified atom stereocenters. The molecule has 2 aromatic carbocycles. The molecule has 1 atom stereocenters. The van der Waals surface area contributed by atoms with Gasteiger partial charge in [0.2, 0.25) is 5.89 Å². The first kappa shape index (κ1) is 19.6. The Kier molecular flexibility index (Phi) is 6.78. The van der Waals surface area contributed by atoms with E-state index in [0.29, 0.717) is 24.7 Å². The highest BCUT2D eigenvalue weighted by atomic mass is 16.5. The van der Waals surface area contributed by atoms with Crippen LogP contribution in [0.1, 0.15) is 48.6 Å². The second kappa shape index (κ2) is 9.69. The second-order valence-corrected chi connectivity index (χ2v) is 7.00. The van der Waals surface area contributed by atoms with Crippen molar-refractivity contribution in [1.29, 1.82) is 0 Å². The molecule has 0 radical (unpaired) electrons. The van der Waals surface area contributed by atoms with Gasteiger partial charge in [-0.05, 0) is 17.5 Å². The SMILES string of the molecule is CC(C)c1noc(CCNC(=O)NC(Cc2ccccc2)c2ccccc2)n1. The van der Waals surface area contributed by atoms with Gasteiger partial charge >= 0.3 is 6.03 Å². The van der Waals surface area contributed by atoms with E-state index in [-0.39, 0.29) is 18.0 Å². The van der Waals surface area contributed by atoms with E-state index >= 15 is 0 Å². The largest absolute Gasteiger partial charge is 0.339 e. The number of aromatic nitrogens is 2. The van der Waals surface area contributed by atoms with Crippen molar-refractivity contribution in [3.05, 3.63) is 83.5 Å². The number of carbonyl (C=O) groups is 1. The Hall–Kier alpha value is -3.15. The molecule has 2 N–H and O–H groups in total. The minimum absolute atomic E-state index is 0.112. The van der Waals surface area contributed by atoms with Crippen LogP contribution in [0.25, 0.3) is 0 Å². The van der Waals surface area contributed by atoms with Crippen LogP contribution in [0, 0.1) is 0 Å². The van der Waals surface area contributed by atoms with Crippen LogP contribution in [0.3, 0.4) is 0 Å². The Morgan fingerprint density at radius 1 is 1.04 bits per heavy atom. The molecule has 0 bridgehead atoms. The van der Waals surface area contributed by atoms with Gasteiger partial charge in [-0.1, -0.05) is 79.7 Å². The molecule has 28 heavy (non-hydrogen) atoms. The molecule has 0 saturated carbocycles. The minimum atomic E-state index is -0.214. The van der Waals surface area contributed by atoms with Crippen LogP contribution in [-0.4, -0.2) is 22.7 Å². The van der Waals surface area contributed by atoms with E-state index in [2.05, 4.69) is 32.9 Å². The van der Waals surface area contributed by atoms with Gasteiger partial charge in [0, 0.05) is 18.9 Å². The standard InChI is InChI=1S/C22H26N4O2/c1-16(2)21-25-20(28-26-21)13-14-23-22(27)24-19(18-11-7-4-8-12-18)15-17-9-5-3-6-10-17/h3-12,16,19H,13-15H2,1-2H3,(H2,23,24,27). The van der Waals surface area contributed by atoms with Crippen molar-refractivity contribution in [3.8, 4) is 0 Å². The smallest absolute Gasteiger partial charge is 0.315 e. The van der Waals surface area contributed by atoms with Gasteiger partial charge in [0.05, 0.1) is 6.04 Å². The van der Waals surface area contributed by atoms with Crippen molar-refractivity contribution in [1.82, 2.24) is 20.8 Å². The maximum Gasteiger partial charge on any atom is 0.315 e. The molecule has 2 amide bonds. The highest BCUT2D eigenvalue weighted by Crippen LogP contribution is 2.18. The van der Waals surface area contributed by atoms with Crippen LogP contribution in [-0.2, 0) is 12.8 Å². The molecule has 0 aliphatic carbocycles. The number of rotatable bonds is 8. The predicted octanol–water partition coefficient (Wildman–Crippen LogP) is 4.02. The van der Waals surface area contributed by atoms with E-state index in [1.54, 1.807) is 0 Å². The highest BCUT2D eigenvalue weighted by Gasteiger charge is 2.15. The first-order chi connectivity index (χ1) is 13.6. The molecular weight excluding hydrogens is 352 g/mol. The average Bonchev–Trinajstić information content (AvgIpc) is 3.18. The Balaban J connectivity index is 1.56. The van der Waals surface area contributed by atoms with Crippen LogP contribution >= 0.6 is 0 Å². The Bertz CT molecular complexity index is 863. The number of urea groups is 1. The van der Waals surface area contributed by atoms with Crippen LogP contribution in [0.2, 0.25) is 0 Å². The normalized spacial score (nSPS) is 12.0. The summed E-state index contributed by atoms with van der Waals surface area (Å²) in [7, 11) is 0. The van der Waals surface area contributed by atoms with Crippen molar-refractivity contribution in [2.75, 3.05) is 6.54 Å². The van der Waals surface area contributed by atoms with E-state index in [1.165, 1.54) is 5.56 Å². The third-order valence-electron chi connectivity index (χ3n) is 4.41. The molecule has 1 heterocycles. The number of amides is 2. The molecule has 6 nitrogen and oxygen atoms in total. The van der Waals surface area contributed by atoms with Crippen LogP contribution in [0.15, 0.2) is 65.2 Å². The molecule has 0 saturated heterocycles. The maximum absolute atomic E-state index is 12.4. The van der Waals surface area contributed by atoms with Gasteiger partial charge in [0.25, 0.3) is 0 Å². The van der Waals surface area contributed by atoms with Crippen molar-refractivity contribution in [3.63, 3.8) is 0 Å². The molecule has 3 rings (SSSR count). The van der Waals surface area contributed by atoms with Gasteiger partial charge in [-0.25, -0.2) is 4.79 Å². The summed E-state index contributed by atoms with van der Waals surface area (Å²) < 4.78 is 5.20. The molecule has 6 heteroatoms. The minimum Gasteiger partial charge on any atom is -0.339 e. The van der Waals surface area contributed by atoms with Gasteiger partial charge < -0.3 is 15.2 Å². The molecule has 0 aliphatic rings. The summed E-state index contributed by atoms with van der Waals surface area (Å²) in [6.45, 7) is 4.45. The summed E-state index contributed by atoms with van der Waals surface area (Å²) in [5.41, 5.74) is 2.24. The molecule has 3 aromatic rings. The lowest BCUT2D eigenvalue weighted by atomic mass is 9.99. The third-order valence-corrected chi connectivity index (χ3v) is 4.41. The van der Waals surface area contributed by atoms with Gasteiger partial charge in [-0.15, -0.1) is 0 Å². The second-order valence-electron chi connectivity index (χ2n) is 7.00. The fourth-order valence-corrected chi connectivity index (χ4v) is 2.88. The molecule has 1 aromatic heterocycles. The van der Waals surface area contributed by atoms with E-state index < -0.39 is 0 Å². The number of carbonyl (C=O) groups excluding carboxylic acids is 1. The van der Waals surface area contributed by atoms with Crippen LogP contribution in [0.4, 0.5) is 4.79 Å². The topological polar surface area (TPSA) is 80.0 Å². The third kappa shape index (κ3) is 5.67. The monoisotopic (exact) mass is 378 g/mol. The van der Waals surface area contributed by atoms with E-state index in [1.807, 2.05) is 62.4 Å². The molecule has 0 aliphatic heterocycles. The van der Waals surface area contributed by atoms with Gasteiger partial charge in [-0.2, -0.15) is 4.98 Å². The van der Waals surface area contributed by atoms with E-state index in [0.717, 1.165) is 12.0 Å². The molecule has 146 valence electrons. The highest BCUT2D eigenvalue weighted by molar-refractivity contribution is 5.74. The summed E-state index contributed by atoms with van der Waals surface area (Å²) in [6, 6.07) is 19.8. The average molecular weight is 378 g/mol.